The van der Waals surface area contributed by atoms with Crippen LogP contribution in [0.1, 0.15) is 27.6 Å². The van der Waals surface area contributed by atoms with Gasteiger partial charge in [-0.1, -0.05) is 12.1 Å². The fraction of sp³-hybridized carbons (Fsp3) is 0.118. The van der Waals surface area contributed by atoms with Crippen molar-refractivity contribution in [1.82, 2.24) is 0 Å². The number of carbonyl (C=O) groups excluding carboxylic acids is 3. The van der Waals surface area contributed by atoms with E-state index in [4.69, 9.17) is 0 Å². The van der Waals surface area contributed by atoms with Gasteiger partial charge in [0.15, 0.2) is 0 Å². The minimum atomic E-state index is -0.572. The van der Waals surface area contributed by atoms with Crippen LogP contribution in [0.25, 0.3) is 0 Å². The molecule has 2 aromatic rings. The third-order valence-corrected chi connectivity index (χ3v) is 3.04. The molecule has 118 valence electrons. The first-order chi connectivity index (χ1) is 11.0. The Morgan fingerprint density at radius 2 is 1.35 bits per heavy atom. The first-order valence-electron chi connectivity index (χ1n) is 6.87. The highest BCUT2D eigenvalue weighted by Crippen LogP contribution is 2.16. The second-order valence-corrected chi connectivity index (χ2v) is 4.75. The molecule has 0 heterocycles. The lowest BCUT2D eigenvalue weighted by Gasteiger charge is -2.09. The predicted octanol–water partition coefficient (Wildman–Crippen LogP) is 2.68. The maximum atomic E-state index is 12.3. The molecule has 6 heteroatoms. The number of hydrogen-bond acceptors (Lipinski definition) is 4. The molecule has 2 aromatic carbocycles. The molecule has 0 saturated carbocycles. The van der Waals surface area contributed by atoms with Crippen molar-refractivity contribution in [3.8, 4) is 0 Å². The summed E-state index contributed by atoms with van der Waals surface area (Å²) in [5.41, 5.74) is 1.60. The fourth-order valence-electron chi connectivity index (χ4n) is 2.01. The van der Waals surface area contributed by atoms with Gasteiger partial charge in [-0.2, -0.15) is 0 Å². The van der Waals surface area contributed by atoms with E-state index in [1.165, 1.54) is 20.1 Å². The smallest absolute Gasteiger partial charge is 0.338 e. The van der Waals surface area contributed by atoms with E-state index in [2.05, 4.69) is 15.4 Å². The number of carbonyl (C=O) groups is 3. The van der Waals surface area contributed by atoms with Gasteiger partial charge >= 0.3 is 5.97 Å². The lowest BCUT2D eigenvalue weighted by atomic mass is 10.1. The number of methoxy groups -OCH3 is 1. The molecule has 0 aliphatic heterocycles. The number of anilines is 2. The zero-order valence-corrected chi connectivity index (χ0v) is 12.8. The number of hydrogen-bond donors (Lipinski definition) is 2. The van der Waals surface area contributed by atoms with Crippen LogP contribution < -0.4 is 10.6 Å². The van der Waals surface area contributed by atoms with Gasteiger partial charge in [0.2, 0.25) is 5.91 Å². The molecule has 0 bridgehead atoms. The summed E-state index contributed by atoms with van der Waals surface area (Å²) < 4.78 is 4.67. The van der Waals surface area contributed by atoms with Gasteiger partial charge in [0, 0.05) is 18.3 Å². The minimum absolute atomic E-state index is 0.172. The summed E-state index contributed by atoms with van der Waals surface area (Å²) in [4.78, 5) is 35.0. The van der Waals surface area contributed by atoms with E-state index < -0.39 is 11.9 Å². The molecular formula is C17H16N2O4. The SMILES string of the molecule is COC(=O)c1ccccc1C(=O)Nc1ccc(NC(C)=O)cc1. The van der Waals surface area contributed by atoms with Gasteiger partial charge in [0.1, 0.15) is 0 Å². The van der Waals surface area contributed by atoms with E-state index in [1.807, 2.05) is 0 Å². The Hall–Kier alpha value is -3.15. The van der Waals surface area contributed by atoms with Crippen molar-refractivity contribution < 1.29 is 19.1 Å². The van der Waals surface area contributed by atoms with Crippen LogP contribution in [-0.4, -0.2) is 24.9 Å². The second kappa shape index (κ2) is 7.22. The van der Waals surface area contributed by atoms with Gasteiger partial charge in [-0.15, -0.1) is 0 Å². The van der Waals surface area contributed by atoms with Crippen molar-refractivity contribution in [2.24, 2.45) is 0 Å². The Morgan fingerprint density at radius 1 is 0.826 bits per heavy atom. The van der Waals surface area contributed by atoms with Crippen molar-refractivity contribution >= 4 is 29.2 Å². The molecule has 0 radical (unpaired) electrons. The standard InChI is InChI=1S/C17H16N2O4/c1-11(20)18-12-7-9-13(10-8-12)19-16(21)14-5-3-4-6-15(14)17(22)23-2/h3-10H,1-2H3,(H,18,20)(H,19,21). The topological polar surface area (TPSA) is 84.5 Å². The zero-order valence-electron chi connectivity index (χ0n) is 12.8. The maximum absolute atomic E-state index is 12.3. The zero-order chi connectivity index (χ0) is 16.8. The lowest BCUT2D eigenvalue weighted by molar-refractivity contribution is -0.114. The summed E-state index contributed by atoms with van der Waals surface area (Å²) in [7, 11) is 1.26. The summed E-state index contributed by atoms with van der Waals surface area (Å²) in [6.45, 7) is 1.42. The summed E-state index contributed by atoms with van der Waals surface area (Å²) in [6.07, 6.45) is 0. The maximum Gasteiger partial charge on any atom is 0.338 e. The Labute approximate surface area is 133 Å². The monoisotopic (exact) mass is 312 g/mol. The van der Waals surface area contributed by atoms with Gasteiger partial charge < -0.3 is 15.4 Å². The number of benzene rings is 2. The summed E-state index contributed by atoms with van der Waals surface area (Å²) in [5.74, 6) is -1.16. The Morgan fingerprint density at radius 3 is 1.87 bits per heavy atom. The van der Waals surface area contributed by atoms with Crippen molar-refractivity contribution in [2.45, 2.75) is 6.92 Å². The van der Waals surface area contributed by atoms with Gasteiger partial charge in [0.05, 0.1) is 18.2 Å². The minimum Gasteiger partial charge on any atom is -0.465 e. The van der Waals surface area contributed by atoms with Crippen LogP contribution in [-0.2, 0) is 9.53 Å². The van der Waals surface area contributed by atoms with Crippen LogP contribution in [0.4, 0.5) is 11.4 Å². The normalized spacial score (nSPS) is 9.83. The average Bonchev–Trinajstić information content (AvgIpc) is 2.55. The molecule has 0 aliphatic rings. The number of amides is 2. The van der Waals surface area contributed by atoms with Gasteiger partial charge in [-0.25, -0.2) is 4.79 Å². The molecule has 23 heavy (non-hydrogen) atoms. The Bertz CT molecular complexity index is 739. The second-order valence-electron chi connectivity index (χ2n) is 4.75. The third-order valence-electron chi connectivity index (χ3n) is 3.04. The van der Waals surface area contributed by atoms with Crippen LogP contribution in [0.5, 0.6) is 0 Å². The van der Waals surface area contributed by atoms with E-state index in [0.717, 1.165) is 0 Å². The lowest BCUT2D eigenvalue weighted by Crippen LogP contribution is -2.17. The number of ether oxygens (including phenoxy) is 1. The highest BCUT2D eigenvalue weighted by molar-refractivity contribution is 6.11. The van der Waals surface area contributed by atoms with Crippen molar-refractivity contribution in [3.63, 3.8) is 0 Å². The largest absolute Gasteiger partial charge is 0.465 e. The molecule has 6 nitrogen and oxygen atoms in total. The van der Waals surface area contributed by atoms with Gasteiger partial charge in [-0.05, 0) is 36.4 Å². The summed E-state index contributed by atoms with van der Waals surface area (Å²) in [5, 5.41) is 5.33. The van der Waals surface area contributed by atoms with Gasteiger partial charge in [0.25, 0.3) is 5.91 Å². The molecule has 2 amide bonds. The average molecular weight is 312 g/mol. The number of esters is 1. The number of rotatable bonds is 4. The molecule has 0 spiro atoms. The molecule has 0 fully saturated rings. The molecule has 0 saturated heterocycles. The van der Waals surface area contributed by atoms with E-state index in [-0.39, 0.29) is 17.0 Å². The Balaban J connectivity index is 2.16. The van der Waals surface area contributed by atoms with Gasteiger partial charge in [-0.3, -0.25) is 9.59 Å². The van der Waals surface area contributed by atoms with E-state index in [9.17, 15) is 14.4 Å². The quantitative estimate of drug-likeness (QED) is 0.850. The predicted molar refractivity (Wildman–Crippen MR) is 86.5 cm³/mol. The molecular weight excluding hydrogens is 296 g/mol. The molecule has 0 atom stereocenters. The molecule has 2 rings (SSSR count). The fourth-order valence-corrected chi connectivity index (χ4v) is 2.01. The van der Waals surface area contributed by atoms with Crippen LogP contribution in [0, 0.1) is 0 Å². The molecule has 0 aromatic heterocycles. The molecule has 2 N–H and O–H groups in total. The summed E-state index contributed by atoms with van der Waals surface area (Å²) in [6, 6.07) is 13.1. The van der Waals surface area contributed by atoms with Crippen molar-refractivity contribution in [1.29, 1.82) is 0 Å². The van der Waals surface area contributed by atoms with Crippen LogP contribution in [0.15, 0.2) is 48.5 Å². The van der Waals surface area contributed by atoms with Crippen LogP contribution in [0.3, 0.4) is 0 Å². The summed E-state index contributed by atoms with van der Waals surface area (Å²) >= 11 is 0. The first-order valence-corrected chi connectivity index (χ1v) is 6.87. The van der Waals surface area contributed by atoms with Crippen LogP contribution >= 0.6 is 0 Å². The highest BCUT2D eigenvalue weighted by atomic mass is 16.5. The Kier molecular flexibility index (Phi) is 5.09. The van der Waals surface area contributed by atoms with E-state index >= 15 is 0 Å². The third kappa shape index (κ3) is 4.16. The van der Waals surface area contributed by atoms with Crippen LogP contribution in [0.2, 0.25) is 0 Å². The molecule has 0 unspecified atom stereocenters. The highest BCUT2D eigenvalue weighted by Gasteiger charge is 2.17. The first kappa shape index (κ1) is 16.2. The van der Waals surface area contributed by atoms with E-state index in [0.29, 0.717) is 11.4 Å². The van der Waals surface area contributed by atoms with Crippen molar-refractivity contribution in [2.75, 3.05) is 17.7 Å². The molecule has 0 aliphatic carbocycles. The van der Waals surface area contributed by atoms with Crippen molar-refractivity contribution in [3.05, 3.63) is 59.7 Å². The number of nitrogens with one attached hydrogen (secondary N) is 2. The van der Waals surface area contributed by atoms with E-state index in [1.54, 1.807) is 42.5 Å².